The van der Waals surface area contributed by atoms with E-state index in [9.17, 15) is 22.4 Å². The zero-order chi connectivity index (χ0) is 22.1. The van der Waals surface area contributed by atoms with Gasteiger partial charge in [-0.1, -0.05) is 11.6 Å². The maximum Gasteiger partial charge on any atom is 0.317 e. The van der Waals surface area contributed by atoms with E-state index in [1.54, 1.807) is 17.8 Å². The largest absolute Gasteiger partial charge is 0.341 e. The van der Waals surface area contributed by atoms with Crippen LogP contribution in [0.1, 0.15) is 10.4 Å². The zero-order valence-electron chi connectivity index (χ0n) is 16.1. The highest BCUT2D eigenvalue weighted by atomic mass is 35.5. The van der Waals surface area contributed by atoms with Crippen LogP contribution in [0, 0.1) is 11.7 Å². The number of halogens is 2. The lowest BCUT2D eigenvalue weighted by molar-refractivity contribution is 0.0940. The number of hydrogen-bond acceptors (Lipinski definition) is 5. The monoisotopic (exact) mass is 458 g/mol. The molecule has 1 aliphatic rings. The predicted octanol–water partition coefficient (Wildman–Crippen LogP) is 0.715. The van der Waals surface area contributed by atoms with Gasteiger partial charge in [0.15, 0.2) is 5.82 Å². The molecule has 0 saturated carbocycles. The number of rotatable bonds is 6. The molecule has 1 aromatic carbocycles. The van der Waals surface area contributed by atoms with Crippen molar-refractivity contribution in [1.82, 2.24) is 30.0 Å². The molecular formula is C17H20ClFN6O4S. The van der Waals surface area contributed by atoms with Crippen LogP contribution >= 0.6 is 11.6 Å². The molecule has 0 aliphatic carbocycles. The third-order valence-electron chi connectivity index (χ3n) is 4.51. The van der Waals surface area contributed by atoms with Crippen molar-refractivity contribution in [3.05, 3.63) is 41.1 Å². The molecule has 0 radical (unpaired) electrons. The molecule has 13 heteroatoms. The Morgan fingerprint density at radius 3 is 2.63 bits per heavy atom. The lowest BCUT2D eigenvalue weighted by Crippen LogP contribution is -2.56. The summed E-state index contributed by atoms with van der Waals surface area (Å²) in [4.78, 5) is 31.3. The number of imidazole rings is 1. The van der Waals surface area contributed by atoms with Crippen LogP contribution in [0.5, 0.6) is 0 Å². The average Bonchev–Trinajstić information content (AvgIpc) is 3.10. The van der Waals surface area contributed by atoms with Gasteiger partial charge in [-0.05, 0) is 12.1 Å². The van der Waals surface area contributed by atoms with Crippen molar-refractivity contribution >= 4 is 33.6 Å². The number of urea groups is 1. The average molecular weight is 459 g/mol. The smallest absolute Gasteiger partial charge is 0.317 e. The van der Waals surface area contributed by atoms with Gasteiger partial charge >= 0.3 is 6.03 Å². The Morgan fingerprint density at radius 1 is 1.33 bits per heavy atom. The molecule has 0 unspecified atom stereocenters. The third-order valence-corrected chi connectivity index (χ3v) is 6.11. The number of carbonyl (C=O) groups is 2. The van der Waals surface area contributed by atoms with E-state index in [0.717, 1.165) is 0 Å². The van der Waals surface area contributed by atoms with E-state index in [1.807, 2.05) is 10.3 Å². The highest BCUT2D eigenvalue weighted by Gasteiger charge is 2.33. The number of nitrogens with one attached hydrogen (secondary N) is 3. The molecule has 2 aromatic rings. The van der Waals surface area contributed by atoms with Crippen molar-refractivity contribution in [3.8, 4) is 11.3 Å². The Kier molecular flexibility index (Phi) is 6.29. The van der Waals surface area contributed by atoms with E-state index in [0.29, 0.717) is 11.3 Å². The van der Waals surface area contributed by atoms with Crippen LogP contribution in [-0.2, 0) is 17.1 Å². The Bertz CT molecular complexity index is 1080. The summed E-state index contributed by atoms with van der Waals surface area (Å²) in [5.41, 5.74) is 2.44. The highest BCUT2D eigenvalue weighted by molar-refractivity contribution is 7.89. The molecular weight excluding hydrogens is 439 g/mol. The van der Waals surface area contributed by atoms with Crippen LogP contribution in [0.25, 0.3) is 11.3 Å². The SMILES string of the molecule is CNC(=O)N1CC(CS(=O)(=O)NNC(=O)c2cc(-c3cn(C)cn3)cc(Cl)c2F)C1. The predicted molar refractivity (Wildman–Crippen MR) is 108 cm³/mol. The number of hydrazine groups is 1. The van der Waals surface area contributed by atoms with E-state index in [-0.39, 0.29) is 35.8 Å². The number of amides is 3. The molecule has 0 spiro atoms. The minimum absolute atomic E-state index is 0.268. The van der Waals surface area contributed by atoms with Crippen molar-refractivity contribution in [2.45, 2.75) is 0 Å². The molecule has 1 saturated heterocycles. The second-order valence-electron chi connectivity index (χ2n) is 6.91. The summed E-state index contributed by atoms with van der Waals surface area (Å²) in [6.07, 6.45) is 3.20. The maximum atomic E-state index is 14.4. The van der Waals surface area contributed by atoms with Gasteiger partial charge in [0.25, 0.3) is 5.91 Å². The second-order valence-corrected chi connectivity index (χ2v) is 9.08. The first-order valence-electron chi connectivity index (χ1n) is 8.83. The molecule has 30 heavy (non-hydrogen) atoms. The highest BCUT2D eigenvalue weighted by Crippen LogP contribution is 2.27. The van der Waals surface area contributed by atoms with Crippen molar-refractivity contribution in [2.75, 3.05) is 25.9 Å². The first-order valence-corrected chi connectivity index (χ1v) is 10.9. The summed E-state index contributed by atoms with van der Waals surface area (Å²) in [6.45, 7) is 0.565. The summed E-state index contributed by atoms with van der Waals surface area (Å²) >= 11 is 5.89. The lowest BCUT2D eigenvalue weighted by Gasteiger charge is -2.38. The van der Waals surface area contributed by atoms with Crippen molar-refractivity contribution in [2.24, 2.45) is 13.0 Å². The Labute approximate surface area is 177 Å². The fraction of sp³-hybridized carbons (Fsp3) is 0.353. The van der Waals surface area contributed by atoms with Gasteiger partial charge < -0.3 is 14.8 Å². The zero-order valence-corrected chi connectivity index (χ0v) is 17.7. The van der Waals surface area contributed by atoms with Crippen molar-refractivity contribution in [3.63, 3.8) is 0 Å². The molecule has 1 aliphatic heterocycles. The summed E-state index contributed by atoms with van der Waals surface area (Å²) in [5.74, 6) is -2.54. The summed E-state index contributed by atoms with van der Waals surface area (Å²) in [6, 6.07) is 2.28. The number of aromatic nitrogens is 2. The quantitative estimate of drug-likeness (QED) is 0.550. The molecule has 2 heterocycles. The van der Waals surface area contributed by atoms with E-state index in [2.05, 4.69) is 10.3 Å². The van der Waals surface area contributed by atoms with Crippen LogP contribution in [0.2, 0.25) is 5.02 Å². The first kappa shape index (κ1) is 22.0. The summed E-state index contributed by atoms with van der Waals surface area (Å²) in [7, 11) is -0.660. The Balaban J connectivity index is 1.64. The second kappa shape index (κ2) is 8.58. The molecule has 3 amide bonds. The molecule has 1 fully saturated rings. The first-order chi connectivity index (χ1) is 14.1. The van der Waals surface area contributed by atoms with Gasteiger partial charge in [0.2, 0.25) is 10.0 Å². The Hall–Kier alpha value is -2.70. The molecule has 0 atom stereocenters. The van der Waals surface area contributed by atoms with E-state index >= 15 is 0 Å². The van der Waals surface area contributed by atoms with E-state index < -0.39 is 27.3 Å². The third kappa shape index (κ3) is 4.89. The fourth-order valence-corrected chi connectivity index (χ4v) is 4.39. The number of sulfonamides is 1. The van der Waals surface area contributed by atoms with Gasteiger partial charge in [-0.25, -0.2) is 22.6 Å². The standard InChI is InChI=1S/C17H20ClFN6O4S/c1-20-17(27)25-5-10(6-25)8-30(28,29)23-22-16(26)12-3-11(4-13(18)15(12)19)14-7-24(2)9-21-14/h3-4,7,9-10,23H,5-6,8H2,1-2H3,(H,20,27)(H,22,26). The van der Waals surface area contributed by atoms with Crippen LogP contribution in [0.15, 0.2) is 24.7 Å². The minimum Gasteiger partial charge on any atom is -0.341 e. The number of hydrogen-bond donors (Lipinski definition) is 3. The van der Waals surface area contributed by atoms with E-state index in [4.69, 9.17) is 11.6 Å². The van der Waals surface area contributed by atoms with Crippen LogP contribution in [0.3, 0.4) is 0 Å². The molecule has 1 aromatic heterocycles. The van der Waals surface area contributed by atoms with E-state index in [1.165, 1.54) is 30.4 Å². The number of likely N-dealkylation sites (tertiary alicyclic amines) is 1. The molecule has 3 N–H and O–H groups in total. The number of nitrogens with zero attached hydrogens (tertiary/aromatic N) is 3. The Morgan fingerprint density at radius 2 is 2.03 bits per heavy atom. The van der Waals surface area contributed by atoms with Crippen LogP contribution in [-0.4, -0.2) is 60.7 Å². The maximum absolute atomic E-state index is 14.4. The van der Waals surface area contributed by atoms with Crippen molar-refractivity contribution < 1.29 is 22.4 Å². The number of benzene rings is 1. The van der Waals surface area contributed by atoms with Crippen LogP contribution < -0.4 is 15.6 Å². The molecule has 3 rings (SSSR count). The fourth-order valence-electron chi connectivity index (χ4n) is 3.01. The summed E-state index contributed by atoms with van der Waals surface area (Å²) < 4.78 is 40.4. The minimum atomic E-state index is -3.89. The normalized spacial score (nSPS) is 14.3. The lowest BCUT2D eigenvalue weighted by atomic mass is 10.0. The topological polar surface area (TPSA) is 125 Å². The van der Waals surface area contributed by atoms with Crippen molar-refractivity contribution in [1.29, 1.82) is 0 Å². The van der Waals surface area contributed by atoms with Gasteiger partial charge in [-0.3, -0.25) is 10.2 Å². The summed E-state index contributed by atoms with van der Waals surface area (Å²) in [5, 5.41) is 2.15. The van der Waals surface area contributed by atoms with Gasteiger partial charge in [0.05, 0.1) is 28.4 Å². The number of carbonyl (C=O) groups excluding carboxylic acids is 2. The van der Waals surface area contributed by atoms with Gasteiger partial charge in [0.1, 0.15) is 0 Å². The van der Waals surface area contributed by atoms with Gasteiger partial charge in [0, 0.05) is 44.9 Å². The molecule has 0 bridgehead atoms. The number of aryl methyl sites for hydroxylation is 1. The van der Waals surface area contributed by atoms with Gasteiger partial charge in [-0.2, -0.15) is 0 Å². The van der Waals surface area contributed by atoms with Crippen LogP contribution in [0.4, 0.5) is 9.18 Å². The molecule has 10 nitrogen and oxygen atoms in total. The molecule has 162 valence electrons. The van der Waals surface area contributed by atoms with Gasteiger partial charge in [-0.15, -0.1) is 4.83 Å².